The Balaban J connectivity index is 2.65. The first kappa shape index (κ1) is 14.9. The second-order valence-corrected chi connectivity index (χ2v) is 6.05. The Bertz CT molecular complexity index is 721. The summed E-state index contributed by atoms with van der Waals surface area (Å²) in [5.41, 5.74) is 5.66. The van der Waals surface area contributed by atoms with Crippen LogP contribution < -0.4 is 4.90 Å². The number of nitriles is 2. The highest BCUT2D eigenvalue weighted by Gasteiger charge is 2.28. The minimum Gasteiger partial charge on any atom is -0.365 e. The molecule has 21 heavy (non-hydrogen) atoms. The van der Waals surface area contributed by atoms with Gasteiger partial charge in [-0.15, -0.1) is 0 Å². The molecule has 0 bridgehead atoms. The van der Waals surface area contributed by atoms with Crippen molar-refractivity contribution in [2.75, 3.05) is 11.9 Å². The molecule has 1 aliphatic heterocycles. The van der Waals surface area contributed by atoms with Crippen LogP contribution >= 0.6 is 0 Å². The lowest BCUT2D eigenvalue weighted by atomic mass is 9.87. The van der Waals surface area contributed by atoms with Crippen LogP contribution in [0.2, 0.25) is 0 Å². The number of anilines is 1. The summed E-state index contributed by atoms with van der Waals surface area (Å²) in [6.45, 7) is 8.48. The van der Waals surface area contributed by atoms with Crippen LogP contribution in [0.4, 0.5) is 5.69 Å². The molecule has 3 heteroatoms. The van der Waals surface area contributed by atoms with Crippen molar-refractivity contribution in [2.24, 2.45) is 0 Å². The Morgan fingerprint density at radius 2 is 1.81 bits per heavy atom. The number of benzene rings is 1. The monoisotopic (exact) mass is 277 g/mol. The molecule has 3 nitrogen and oxygen atoms in total. The van der Waals surface area contributed by atoms with E-state index in [1.165, 1.54) is 11.3 Å². The third-order valence-corrected chi connectivity index (χ3v) is 4.15. The number of hydrogen-bond acceptors (Lipinski definition) is 3. The molecule has 0 N–H and O–H groups in total. The molecular formula is C18H19N3. The van der Waals surface area contributed by atoms with Gasteiger partial charge in [0.15, 0.2) is 0 Å². The van der Waals surface area contributed by atoms with Crippen molar-refractivity contribution in [1.82, 2.24) is 0 Å². The van der Waals surface area contributed by atoms with Gasteiger partial charge in [0.2, 0.25) is 0 Å². The summed E-state index contributed by atoms with van der Waals surface area (Å²) in [6.07, 6.45) is 3.90. The lowest BCUT2D eigenvalue weighted by Crippen LogP contribution is -2.42. The largest absolute Gasteiger partial charge is 0.365 e. The number of nitrogens with zero attached hydrogens (tertiary/aromatic N) is 3. The van der Waals surface area contributed by atoms with Crippen molar-refractivity contribution in [1.29, 1.82) is 10.5 Å². The fraction of sp³-hybridized carbons (Fsp3) is 0.333. The van der Waals surface area contributed by atoms with Crippen LogP contribution in [0.1, 0.15) is 37.5 Å². The number of rotatable bonds is 1. The van der Waals surface area contributed by atoms with Crippen LogP contribution in [-0.2, 0) is 0 Å². The summed E-state index contributed by atoms with van der Waals surface area (Å²) >= 11 is 0. The highest BCUT2D eigenvalue weighted by atomic mass is 15.2. The third-order valence-electron chi connectivity index (χ3n) is 4.15. The van der Waals surface area contributed by atoms with Gasteiger partial charge in [-0.2, -0.15) is 10.5 Å². The molecule has 1 aromatic rings. The topological polar surface area (TPSA) is 50.8 Å². The minimum atomic E-state index is -0.0225. The average Bonchev–Trinajstić information content (AvgIpc) is 2.43. The number of fused-ring (bicyclic) bond motifs is 1. The summed E-state index contributed by atoms with van der Waals surface area (Å²) < 4.78 is 0. The molecule has 0 unspecified atom stereocenters. The number of likely N-dealkylation sites (N-methyl/N-ethyl adjacent to an activating group) is 1. The highest BCUT2D eigenvalue weighted by Crippen LogP contribution is 2.39. The Morgan fingerprint density at radius 1 is 1.19 bits per heavy atom. The second kappa shape index (κ2) is 5.11. The Labute approximate surface area is 126 Å². The van der Waals surface area contributed by atoms with E-state index in [0.29, 0.717) is 0 Å². The van der Waals surface area contributed by atoms with E-state index in [1.807, 2.05) is 19.1 Å². The fourth-order valence-electron chi connectivity index (χ4n) is 2.72. The van der Waals surface area contributed by atoms with E-state index in [2.05, 4.69) is 50.9 Å². The molecular weight excluding hydrogens is 258 g/mol. The van der Waals surface area contributed by atoms with E-state index < -0.39 is 0 Å². The zero-order chi connectivity index (χ0) is 15.8. The predicted octanol–water partition coefficient (Wildman–Crippen LogP) is 4.06. The minimum absolute atomic E-state index is 0.0225. The van der Waals surface area contributed by atoms with Gasteiger partial charge in [-0.3, -0.25) is 0 Å². The lowest BCUT2D eigenvalue weighted by molar-refractivity contribution is 0.597. The quantitative estimate of drug-likeness (QED) is 0.727. The van der Waals surface area contributed by atoms with E-state index in [-0.39, 0.29) is 11.1 Å². The molecule has 1 aromatic carbocycles. The number of aryl methyl sites for hydroxylation is 1. The van der Waals surface area contributed by atoms with Gasteiger partial charge in [-0.25, -0.2) is 0 Å². The van der Waals surface area contributed by atoms with E-state index >= 15 is 0 Å². The van der Waals surface area contributed by atoms with Gasteiger partial charge in [0, 0.05) is 18.3 Å². The molecule has 106 valence electrons. The van der Waals surface area contributed by atoms with Crippen LogP contribution in [0.25, 0.3) is 11.6 Å². The van der Waals surface area contributed by atoms with Gasteiger partial charge in [0.05, 0.1) is 5.54 Å². The Morgan fingerprint density at radius 3 is 2.38 bits per heavy atom. The fourth-order valence-corrected chi connectivity index (χ4v) is 2.72. The molecule has 0 spiro atoms. The molecule has 0 aromatic heterocycles. The van der Waals surface area contributed by atoms with Gasteiger partial charge < -0.3 is 4.90 Å². The lowest BCUT2D eigenvalue weighted by Gasteiger charge is -2.41. The summed E-state index contributed by atoms with van der Waals surface area (Å²) in [5.74, 6) is 0. The SMILES string of the molecule is CC1=CC(C)(C)N(C)c2cc(C)c(C=C(C#N)C#N)cc21. The molecule has 0 amide bonds. The summed E-state index contributed by atoms with van der Waals surface area (Å²) in [6, 6.07) is 8.03. The first-order chi connectivity index (χ1) is 9.80. The second-order valence-electron chi connectivity index (χ2n) is 6.05. The van der Waals surface area contributed by atoms with Gasteiger partial charge in [0.25, 0.3) is 0 Å². The molecule has 0 atom stereocenters. The van der Waals surface area contributed by atoms with Crippen LogP contribution in [0.15, 0.2) is 23.8 Å². The molecule has 0 saturated carbocycles. The zero-order valence-electron chi connectivity index (χ0n) is 13.2. The Hall–Kier alpha value is -2.52. The summed E-state index contributed by atoms with van der Waals surface area (Å²) in [4.78, 5) is 2.26. The maximum absolute atomic E-state index is 8.92. The van der Waals surface area contributed by atoms with Crippen molar-refractivity contribution in [3.8, 4) is 12.1 Å². The maximum Gasteiger partial charge on any atom is 0.130 e. The first-order valence-corrected chi connectivity index (χ1v) is 6.90. The molecule has 0 radical (unpaired) electrons. The number of allylic oxidation sites excluding steroid dienone is 2. The van der Waals surface area contributed by atoms with Crippen LogP contribution in [-0.4, -0.2) is 12.6 Å². The van der Waals surface area contributed by atoms with Gasteiger partial charge in [0.1, 0.15) is 17.7 Å². The van der Waals surface area contributed by atoms with Crippen LogP contribution in [0.5, 0.6) is 0 Å². The van der Waals surface area contributed by atoms with Crippen molar-refractivity contribution >= 4 is 17.3 Å². The standard InChI is InChI=1S/C18H19N3/c1-12-6-17-16(8-15(12)7-14(10-19)11-20)13(2)9-18(3,4)21(17)5/h6-9H,1-5H3. The third kappa shape index (κ3) is 2.56. The number of hydrogen-bond donors (Lipinski definition) is 0. The van der Waals surface area contributed by atoms with Gasteiger partial charge in [-0.1, -0.05) is 6.08 Å². The van der Waals surface area contributed by atoms with Crippen LogP contribution in [0, 0.1) is 29.6 Å². The molecule has 0 fully saturated rings. The van der Waals surface area contributed by atoms with Crippen molar-refractivity contribution < 1.29 is 0 Å². The zero-order valence-corrected chi connectivity index (χ0v) is 13.2. The summed E-state index contributed by atoms with van der Waals surface area (Å²) in [7, 11) is 2.09. The van der Waals surface area contributed by atoms with E-state index in [9.17, 15) is 0 Å². The van der Waals surface area contributed by atoms with E-state index in [0.717, 1.165) is 16.7 Å². The first-order valence-electron chi connectivity index (χ1n) is 6.90. The normalized spacial score (nSPS) is 15.4. The molecule has 1 aliphatic rings. The van der Waals surface area contributed by atoms with Crippen molar-refractivity contribution in [3.63, 3.8) is 0 Å². The summed E-state index contributed by atoms with van der Waals surface area (Å²) in [5, 5.41) is 17.8. The molecule has 0 saturated heterocycles. The average molecular weight is 277 g/mol. The smallest absolute Gasteiger partial charge is 0.130 e. The Kier molecular flexibility index (Phi) is 3.62. The molecule has 0 aliphatic carbocycles. The van der Waals surface area contributed by atoms with Gasteiger partial charge in [-0.05, 0) is 62.6 Å². The van der Waals surface area contributed by atoms with Crippen LogP contribution in [0.3, 0.4) is 0 Å². The van der Waals surface area contributed by atoms with E-state index in [1.54, 1.807) is 6.08 Å². The van der Waals surface area contributed by atoms with Crippen molar-refractivity contribution in [2.45, 2.75) is 33.2 Å². The van der Waals surface area contributed by atoms with Crippen molar-refractivity contribution in [3.05, 3.63) is 40.5 Å². The highest BCUT2D eigenvalue weighted by molar-refractivity contribution is 5.84. The maximum atomic E-state index is 8.92. The predicted molar refractivity (Wildman–Crippen MR) is 86.5 cm³/mol. The van der Waals surface area contributed by atoms with Gasteiger partial charge >= 0.3 is 0 Å². The molecule has 2 rings (SSSR count). The van der Waals surface area contributed by atoms with E-state index in [4.69, 9.17) is 10.5 Å². The molecule has 1 heterocycles.